The maximum Gasteiger partial charge on any atom is 0.317 e. The summed E-state index contributed by atoms with van der Waals surface area (Å²) in [7, 11) is 0. The highest BCUT2D eigenvalue weighted by Gasteiger charge is 2.46. The minimum absolute atomic E-state index is 0.0901. The van der Waals surface area contributed by atoms with Crippen molar-refractivity contribution in [1.82, 2.24) is 0 Å². The van der Waals surface area contributed by atoms with E-state index in [1.165, 1.54) is 4.88 Å². The van der Waals surface area contributed by atoms with Crippen LogP contribution in [0.15, 0.2) is 12.1 Å². The van der Waals surface area contributed by atoms with Gasteiger partial charge in [0, 0.05) is 22.6 Å². The minimum atomic E-state index is -1.16. The molecular formula is C14H18O3S. The van der Waals surface area contributed by atoms with Crippen LogP contribution in [0.25, 0.3) is 0 Å². The van der Waals surface area contributed by atoms with Crippen LogP contribution < -0.4 is 0 Å². The number of aryl methyl sites for hydroxylation is 1. The number of Topliss-reactive ketones (excluding diaryl/α,β-unsaturated/α-hetero) is 1. The van der Waals surface area contributed by atoms with Crippen LogP contribution in [0, 0.1) is 5.41 Å². The molecule has 1 atom stereocenters. The van der Waals surface area contributed by atoms with E-state index in [0.717, 1.165) is 24.1 Å². The number of carboxylic acids is 1. The number of carbonyl (C=O) groups is 2. The maximum absolute atomic E-state index is 12.1. The molecule has 1 unspecified atom stereocenters. The van der Waals surface area contributed by atoms with Crippen LogP contribution >= 0.6 is 11.3 Å². The molecular weight excluding hydrogens is 248 g/mol. The molecule has 0 spiro atoms. The van der Waals surface area contributed by atoms with E-state index in [1.807, 2.05) is 12.1 Å². The summed E-state index contributed by atoms with van der Waals surface area (Å²) >= 11 is 1.63. The first-order valence-electron chi connectivity index (χ1n) is 6.43. The Morgan fingerprint density at radius 1 is 1.39 bits per heavy atom. The predicted molar refractivity (Wildman–Crippen MR) is 70.9 cm³/mol. The van der Waals surface area contributed by atoms with Crippen LogP contribution in [-0.4, -0.2) is 16.9 Å². The van der Waals surface area contributed by atoms with Crippen molar-refractivity contribution < 1.29 is 14.7 Å². The molecule has 1 aromatic rings. The number of hydrogen-bond donors (Lipinski definition) is 1. The Bertz CT molecular complexity index is 463. The van der Waals surface area contributed by atoms with Crippen LogP contribution in [0.5, 0.6) is 0 Å². The topological polar surface area (TPSA) is 54.4 Å². The van der Waals surface area contributed by atoms with Gasteiger partial charge in [0.25, 0.3) is 0 Å². The first kappa shape index (κ1) is 13.3. The quantitative estimate of drug-likeness (QED) is 0.852. The van der Waals surface area contributed by atoms with Crippen LogP contribution in [0.1, 0.15) is 42.4 Å². The number of carbonyl (C=O) groups excluding carboxylic acids is 1. The van der Waals surface area contributed by atoms with Crippen LogP contribution in [0.4, 0.5) is 0 Å². The maximum atomic E-state index is 12.1. The van der Waals surface area contributed by atoms with Gasteiger partial charge in [-0.25, -0.2) is 0 Å². The number of aliphatic carboxylic acids is 1. The van der Waals surface area contributed by atoms with Crippen molar-refractivity contribution >= 4 is 23.1 Å². The van der Waals surface area contributed by atoms with Gasteiger partial charge in [0.05, 0.1) is 0 Å². The van der Waals surface area contributed by atoms with Gasteiger partial charge in [0.2, 0.25) is 0 Å². The lowest BCUT2D eigenvalue weighted by Crippen LogP contribution is -2.43. The van der Waals surface area contributed by atoms with E-state index in [2.05, 4.69) is 6.92 Å². The van der Waals surface area contributed by atoms with Crippen molar-refractivity contribution in [2.75, 3.05) is 0 Å². The summed E-state index contributed by atoms with van der Waals surface area (Å²) in [5.74, 6) is -1.04. The standard InChI is InChI=1S/C14H18O3S/c1-2-10-6-7-11(18-10)9-14(13(16)17)8-4-3-5-12(14)15/h6-7H,2-5,8-9H2,1H3,(H,16,17). The summed E-state index contributed by atoms with van der Waals surface area (Å²) in [5.41, 5.74) is -1.16. The molecule has 2 rings (SSSR count). The zero-order valence-corrected chi connectivity index (χ0v) is 11.4. The summed E-state index contributed by atoms with van der Waals surface area (Å²) in [6.07, 6.45) is 3.89. The molecule has 1 heterocycles. The average molecular weight is 266 g/mol. The van der Waals surface area contributed by atoms with Gasteiger partial charge in [0.15, 0.2) is 5.78 Å². The average Bonchev–Trinajstić information content (AvgIpc) is 2.79. The fourth-order valence-electron chi connectivity index (χ4n) is 2.58. The molecule has 1 saturated carbocycles. The highest BCUT2D eigenvalue weighted by Crippen LogP contribution is 2.38. The Kier molecular flexibility index (Phi) is 3.85. The molecule has 0 aliphatic heterocycles. The third-order valence-electron chi connectivity index (χ3n) is 3.74. The van der Waals surface area contributed by atoms with E-state index >= 15 is 0 Å². The monoisotopic (exact) mass is 266 g/mol. The van der Waals surface area contributed by atoms with Crippen LogP contribution in [-0.2, 0) is 22.4 Å². The van der Waals surface area contributed by atoms with E-state index in [-0.39, 0.29) is 5.78 Å². The van der Waals surface area contributed by atoms with Crippen molar-refractivity contribution in [3.8, 4) is 0 Å². The lowest BCUT2D eigenvalue weighted by Gasteiger charge is -2.31. The second-order valence-electron chi connectivity index (χ2n) is 4.92. The van der Waals surface area contributed by atoms with E-state index < -0.39 is 11.4 Å². The van der Waals surface area contributed by atoms with E-state index in [1.54, 1.807) is 11.3 Å². The van der Waals surface area contributed by atoms with E-state index in [0.29, 0.717) is 19.3 Å². The lowest BCUT2D eigenvalue weighted by molar-refractivity contribution is -0.157. The smallest absolute Gasteiger partial charge is 0.317 e. The largest absolute Gasteiger partial charge is 0.480 e. The minimum Gasteiger partial charge on any atom is -0.480 e. The third kappa shape index (κ3) is 2.34. The first-order valence-corrected chi connectivity index (χ1v) is 7.24. The van der Waals surface area contributed by atoms with Crippen molar-refractivity contribution in [2.24, 2.45) is 5.41 Å². The van der Waals surface area contributed by atoms with E-state index in [9.17, 15) is 14.7 Å². The van der Waals surface area contributed by atoms with Gasteiger partial charge in [0.1, 0.15) is 5.41 Å². The van der Waals surface area contributed by atoms with Gasteiger partial charge in [-0.2, -0.15) is 0 Å². The molecule has 1 N–H and O–H groups in total. The van der Waals surface area contributed by atoms with Gasteiger partial charge in [-0.3, -0.25) is 9.59 Å². The zero-order valence-electron chi connectivity index (χ0n) is 10.6. The lowest BCUT2D eigenvalue weighted by atomic mass is 9.70. The fraction of sp³-hybridized carbons (Fsp3) is 0.571. The molecule has 1 aliphatic rings. The Balaban J connectivity index is 2.25. The number of ketones is 1. The van der Waals surface area contributed by atoms with Crippen molar-refractivity contribution in [1.29, 1.82) is 0 Å². The van der Waals surface area contributed by atoms with Gasteiger partial charge in [-0.15, -0.1) is 11.3 Å². The Labute approximate surface area is 111 Å². The van der Waals surface area contributed by atoms with Crippen LogP contribution in [0.3, 0.4) is 0 Å². The summed E-state index contributed by atoms with van der Waals surface area (Å²) in [6.45, 7) is 2.08. The Morgan fingerprint density at radius 3 is 2.67 bits per heavy atom. The molecule has 1 aromatic heterocycles. The van der Waals surface area contributed by atoms with Crippen molar-refractivity contribution in [2.45, 2.75) is 45.4 Å². The molecule has 4 heteroatoms. The Hall–Kier alpha value is -1.16. The first-order chi connectivity index (χ1) is 8.58. The van der Waals surface area contributed by atoms with E-state index in [4.69, 9.17) is 0 Å². The highest BCUT2D eigenvalue weighted by molar-refractivity contribution is 7.12. The molecule has 98 valence electrons. The predicted octanol–water partition coefficient (Wildman–Crippen LogP) is 3.07. The van der Waals surface area contributed by atoms with Gasteiger partial charge < -0.3 is 5.11 Å². The summed E-state index contributed by atoms with van der Waals surface area (Å²) in [6, 6.07) is 4.00. The summed E-state index contributed by atoms with van der Waals surface area (Å²) < 4.78 is 0. The van der Waals surface area contributed by atoms with Gasteiger partial charge in [-0.05, 0) is 31.4 Å². The zero-order chi connectivity index (χ0) is 13.2. The van der Waals surface area contributed by atoms with Gasteiger partial charge in [-0.1, -0.05) is 13.3 Å². The van der Waals surface area contributed by atoms with Crippen LogP contribution in [0.2, 0.25) is 0 Å². The van der Waals surface area contributed by atoms with Gasteiger partial charge >= 0.3 is 5.97 Å². The number of hydrogen-bond acceptors (Lipinski definition) is 3. The summed E-state index contributed by atoms with van der Waals surface area (Å²) in [5, 5.41) is 9.47. The normalized spacial score (nSPS) is 24.2. The SMILES string of the molecule is CCc1ccc(CC2(C(=O)O)CCCCC2=O)s1. The molecule has 0 radical (unpaired) electrons. The molecule has 3 nitrogen and oxygen atoms in total. The molecule has 18 heavy (non-hydrogen) atoms. The molecule has 0 aromatic carbocycles. The number of thiophene rings is 1. The second-order valence-corrected chi connectivity index (χ2v) is 6.17. The highest BCUT2D eigenvalue weighted by atomic mass is 32.1. The Morgan fingerprint density at radius 2 is 2.11 bits per heavy atom. The van der Waals surface area contributed by atoms with Crippen molar-refractivity contribution in [3.05, 3.63) is 21.9 Å². The fourth-order valence-corrected chi connectivity index (χ4v) is 3.66. The molecule has 0 amide bonds. The summed E-state index contributed by atoms with van der Waals surface area (Å²) in [4.78, 5) is 25.9. The van der Waals surface area contributed by atoms with Crippen molar-refractivity contribution in [3.63, 3.8) is 0 Å². The number of rotatable bonds is 4. The molecule has 1 aliphatic carbocycles. The second kappa shape index (κ2) is 5.22. The molecule has 1 fully saturated rings. The third-order valence-corrected chi connectivity index (χ3v) is 4.97. The number of carboxylic acid groups (broad SMARTS) is 1. The molecule has 0 saturated heterocycles. The molecule has 0 bridgehead atoms.